The first-order valence-electron chi connectivity index (χ1n) is 9.02. The van der Waals surface area contributed by atoms with Crippen LogP contribution in [0.2, 0.25) is 0 Å². The third-order valence-electron chi connectivity index (χ3n) is 4.73. The number of thioether (sulfide) groups is 2. The topological polar surface area (TPSA) is 31.2 Å². The van der Waals surface area contributed by atoms with Crippen molar-refractivity contribution in [3.05, 3.63) is 46.5 Å². The SMILES string of the molecule is CCCCN1CCN=C1SCC1=CSC2=NCc3ccccc3CN12. The normalized spacial score (nSPS) is 19.2. The Morgan fingerprint density at radius 1 is 1.20 bits per heavy atom. The summed E-state index contributed by atoms with van der Waals surface area (Å²) in [6.07, 6.45) is 2.49. The van der Waals surface area contributed by atoms with Gasteiger partial charge in [0.2, 0.25) is 0 Å². The van der Waals surface area contributed by atoms with Crippen LogP contribution in [0.5, 0.6) is 0 Å². The zero-order valence-electron chi connectivity index (χ0n) is 14.6. The zero-order chi connectivity index (χ0) is 17.1. The molecule has 0 saturated carbocycles. The predicted octanol–water partition coefficient (Wildman–Crippen LogP) is 4.15. The van der Waals surface area contributed by atoms with Gasteiger partial charge in [-0.25, -0.2) is 0 Å². The summed E-state index contributed by atoms with van der Waals surface area (Å²) in [4.78, 5) is 14.4. The maximum Gasteiger partial charge on any atom is 0.168 e. The number of hydrogen-bond donors (Lipinski definition) is 0. The molecule has 3 aliphatic heterocycles. The lowest BCUT2D eigenvalue weighted by molar-refractivity contribution is 0.449. The summed E-state index contributed by atoms with van der Waals surface area (Å²) in [6, 6.07) is 8.67. The fourth-order valence-corrected chi connectivity index (χ4v) is 5.33. The predicted molar refractivity (Wildman–Crippen MR) is 110 cm³/mol. The van der Waals surface area contributed by atoms with E-state index in [0.717, 1.165) is 43.6 Å². The number of fused-ring (bicyclic) bond motifs is 2. The molecule has 0 aliphatic carbocycles. The Kier molecular flexibility index (Phi) is 5.36. The summed E-state index contributed by atoms with van der Waals surface area (Å²) >= 11 is 3.64. The van der Waals surface area contributed by atoms with Crippen LogP contribution in [0.25, 0.3) is 0 Å². The Bertz CT molecular complexity index is 726. The second-order valence-electron chi connectivity index (χ2n) is 6.47. The lowest BCUT2D eigenvalue weighted by Crippen LogP contribution is -2.28. The zero-order valence-corrected chi connectivity index (χ0v) is 16.3. The van der Waals surface area contributed by atoms with Gasteiger partial charge in [-0.3, -0.25) is 9.98 Å². The molecule has 0 bridgehead atoms. The van der Waals surface area contributed by atoms with E-state index in [0.29, 0.717) is 0 Å². The Morgan fingerprint density at radius 2 is 2.08 bits per heavy atom. The average Bonchev–Trinajstić information content (AvgIpc) is 3.19. The molecule has 4 rings (SSSR count). The molecule has 3 heterocycles. The molecule has 1 aromatic carbocycles. The van der Waals surface area contributed by atoms with Crippen molar-refractivity contribution in [1.82, 2.24) is 9.80 Å². The van der Waals surface area contributed by atoms with Crippen LogP contribution in [0.4, 0.5) is 0 Å². The lowest BCUT2D eigenvalue weighted by Gasteiger charge is -2.23. The van der Waals surface area contributed by atoms with Crippen molar-refractivity contribution >= 4 is 33.9 Å². The molecule has 1 aromatic rings. The molecule has 3 aliphatic rings. The minimum Gasteiger partial charge on any atom is -0.350 e. The van der Waals surface area contributed by atoms with Crippen molar-refractivity contribution in [1.29, 1.82) is 0 Å². The highest BCUT2D eigenvalue weighted by Crippen LogP contribution is 2.34. The minimum absolute atomic E-state index is 0.792. The number of amidine groups is 2. The Labute approximate surface area is 158 Å². The summed E-state index contributed by atoms with van der Waals surface area (Å²) < 4.78 is 0. The first-order valence-corrected chi connectivity index (χ1v) is 10.9. The molecule has 6 heteroatoms. The fourth-order valence-electron chi connectivity index (χ4n) is 3.26. The molecule has 0 N–H and O–H groups in total. The van der Waals surface area contributed by atoms with E-state index in [-0.39, 0.29) is 0 Å². The van der Waals surface area contributed by atoms with Gasteiger partial charge in [-0.2, -0.15) is 0 Å². The van der Waals surface area contributed by atoms with E-state index >= 15 is 0 Å². The highest BCUT2D eigenvalue weighted by atomic mass is 32.2. The van der Waals surface area contributed by atoms with Crippen LogP contribution < -0.4 is 0 Å². The van der Waals surface area contributed by atoms with E-state index in [9.17, 15) is 0 Å². The van der Waals surface area contributed by atoms with E-state index < -0.39 is 0 Å². The monoisotopic (exact) mass is 372 g/mol. The molecule has 0 unspecified atom stereocenters. The Morgan fingerprint density at radius 3 is 2.96 bits per heavy atom. The van der Waals surface area contributed by atoms with Crippen LogP contribution in [-0.4, -0.2) is 45.5 Å². The number of rotatable bonds is 5. The minimum atomic E-state index is 0.792. The van der Waals surface area contributed by atoms with Crippen LogP contribution in [0.15, 0.2) is 45.4 Å². The van der Waals surface area contributed by atoms with E-state index in [1.54, 1.807) is 11.8 Å². The number of nitrogens with zero attached hydrogens (tertiary/aromatic N) is 4. The van der Waals surface area contributed by atoms with Gasteiger partial charge in [0.15, 0.2) is 10.3 Å². The van der Waals surface area contributed by atoms with Gasteiger partial charge in [0, 0.05) is 24.5 Å². The molecule has 0 amide bonds. The number of unbranched alkanes of at least 4 members (excludes halogenated alkanes) is 1. The summed E-state index contributed by atoms with van der Waals surface area (Å²) in [7, 11) is 0. The van der Waals surface area contributed by atoms with Crippen LogP contribution in [0.3, 0.4) is 0 Å². The van der Waals surface area contributed by atoms with Gasteiger partial charge in [-0.1, -0.05) is 61.1 Å². The number of hydrogen-bond acceptors (Lipinski definition) is 6. The molecule has 0 radical (unpaired) electrons. The Hall–Kier alpha value is -1.40. The van der Waals surface area contributed by atoms with Crippen LogP contribution >= 0.6 is 23.5 Å². The van der Waals surface area contributed by atoms with Crippen molar-refractivity contribution in [3.8, 4) is 0 Å². The molecule has 4 nitrogen and oxygen atoms in total. The van der Waals surface area contributed by atoms with E-state index in [1.165, 1.54) is 34.8 Å². The van der Waals surface area contributed by atoms with Crippen molar-refractivity contribution in [2.24, 2.45) is 9.98 Å². The molecule has 0 spiro atoms. The summed E-state index contributed by atoms with van der Waals surface area (Å²) in [5.74, 6) is 0.968. The standard InChI is InChI=1S/C19H24N4S2/c1-2-3-9-22-10-8-20-18(22)24-13-17-14-25-19-21-11-15-6-4-5-7-16(15)12-23(17)19/h4-7,14H,2-3,8-13H2,1H3. The number of benzene rings is 1. The molecular weight excluding hydrogens is 348 g/mol. The van der Waals surface area contributed by atoms with Crippen molar-refractivity contribution in [3.63, 3.8) is 0 Å². The van der Waals surface area contributed by atoms with Gasteiger partial charge in [0.25, 0.3) is 0 Å². The van der Waals surface area contributed by atoms with Gasteiger partial charge >= 0.3 is 0 Å². The average molecular weight is 373 g/mol. The summed E-state index contributed by atoms with van der Waals surface area (Å²) in [6.45, 7) is 7.14. The maximum atomic E-state index is 4.82. The van der Waals surface area contributed by atoms with E-state index in [1.807, 2.05) is 11.8 Å². The third-order valence-corrected chi connectivity index (χ3v) is 6.76. The third kappa shape index (κ3) is 3.75. The smallest absolute Gasteiger partial charge is 0.168 e. The van der Waals surface area contributed by atoms with Gasteiger partial charge in [-0.15, -0.1) is 0 Å². The van der Waals surface area contributed by atoms with Gasteiger partial charge in [-0.05, 0) is 23.0 Å². The molecule has 0 fully saturated rings. The summed E-state index contributed by atoms with van der Waals surface area (Å²) in [5, 5.41) is 4.63. The largest absolute Gasteiger partial charge is 0.350 e. The molecule has 0 saturated heterocycles. The highest BCUT2D eigenvalue weighted by Gasteiger charge is 2.27. The molecule has 0 aromatic heterocycles. The van der Waals surface area contributed by atoms with Crippen LogP contribution in [0, 0.1) is 0 Å². The maximum absolute atomic E-state index is 4.82. The van der Waals surface area contributed by atoms with Crippen molar-refractivity contribution in [2.75, 3.05) is 25.4 Å². The number of aliphatic imine (C=N–C) groups is 2. The van der Waals surface area contributed by atoms with Crippen molar-refractivity contribution < 1.29 is 0 Å². The second kappa shape index (κ2) is 7.87. The van der Waals surface area contributed by atoms with Crippen molar-refractivity contribution in [2.45, 2.75) is 32.9 Å². The Balaban J connectivity index is 1.41. The van der Waals surface area contributed by atoms with Gasteiger partial charge in [0.05, 0.1) is 19.6 Å². The molecule has 25 heavy (non-hydrogen) atoms. The summed E-state index contributed by atoms with van der Waals surface area (Å²) in [5.41, 5.74) is 4.10. The van der Waals surface area contributed by atoms with E-state index in [2.05, 4.69) is 46.4 Å². The first-order chi connectivity index (χ1) is 12.3. The van der Waals surface area contributed by atoms with Gasteiger partial charge in [0.1, 0.15) is 0 Å². The molecule has 0 atom stereocenters. The first kappa shape index (κ1) is 17.0. The fraction of sp³-hybridized carbons (Fsp3) is 0.474. The second-order valence-corrected chi connectivity index (χ2v) is 8.25. The molecule has 132 valence electrons. The van der Waals surface area contributed by atoms with Gasteiger partial charge < -0.3 is 9.80 Å². The quantitative estimate of drug-likeness (QED) is 0.777. The van der Waals surface area contributed by atoms with E-state index in [4.69, 9.17) is 9.98 Å². The van der Waals surface area contributed by atoms with Crippen LogP contribution in [0.1, 0.15) is 30.9 Å². The highest BCUT2D eigenvalue weighted by molar-refractivity contribution is 8.17. The molecular formula is C19H24N4S2. The lowest BCUT2D eigenvalue weighted by atomic mass is 10.1. The van der Waals surface area contributed by atoms with Crippen LogP contribution in [-0.2, 0) is 13.1 Å².